The van der Waals surface area contributed by atoms with Gasteiger partial charge in [-0.2, -0.15) is 0 Å². The quantitative estimate of drug-likeness (QED) is 0.663. The van der Waals surface area contributed by atoms with Crippen LogP contribution in [0.4, 0.5) is 0 Å². The van der Waals surface area contributed by atoms with Crippen LogP contribution in [-0.4, -0.2) is 46.7 Å². The molecule has 6 nitrogen and oxygen atoms in total. The molecule has 28 heavy (non-hydrogen) atoms. The van der Waals surface area contributed by atoms with Crippen molar-refractivity contribution in [1.29, 1.82) is 0 Å². The molecule has 0 aliphatic carbocycles. The molecule has 2 aromatic rings. The average molecular weight is 428 g/mol. The maximum atomic E-state index is 12.9. The highest BCUT2D eigenvalue weighted by Crippen LogP contribution is 2.30. The molecular formula is C20H30ClN3O3S. The predicted molar refractivity (Wildman–Crippen MR) is 117 cm³/mol. The zero-order valence-electron chi connectivity index (χ0n) is 16.6. The molecule has 3 rings (SSSR count). The highest BCUT2D eigenvalue weighted by molar-refractivity contribution is 7.16. The summed E-state index contributed by atoms with van der Waals surface area (Å²) >= 11 is 1.41. The number of nitrogens with zero attached hydrogens (tertiary/aromatic N) is 2. The first-order chi connectivity index (χ1) is 13.0. The molecule has 2 N–H and O–H groups in total. The van der Waals surface area contributed by atoms with Crippen LogP contribution in [0.25, 0.3) is 10.2 Å². The van der Waals surface area contributed by atoms with Crippen molar-refractivity contribution in [1.82, 2.24) is 14.8 Å². The van der Waals surface area contributed by atoms with Gasteiger partial charge in [-0.1, -0.05) is 20.3 Å². The highest BCUT2D eigenvalue weighted by Gasteiger charge is 2.23. The lowest BCUT2D eigenvalue weighted by atomic mass is 10.1. The van der Waals surface area contributed by atoms with Gasteiger partial charge in [0.05, 0.1) is 5.39 Å². The van der Waals surface area contributed by atoms with Gasteiger partial charge >= 0.3 is 0 Å². The fourth-order valence-corrected chi connectivity index (χ4v) is 4.57. The molecule has 0 saturated carbocycles. The van der Waals surface area contributed by atoms with Crippen molar-refractivity contribution >= 4 is 39.9 Å². The third kappa shape index (κ3) is 5.07. The summed E-state index contributed by atoms with van der Waals surface area (Å²) in [5, 5.41) is 15.8. The molecule has 0 bridgehead atoms. The van der Waals surface area contributed by atoms with Crippen LogP contribution in [0.5, 0.6) is 5.75 Å². The van der Waals surface area contributed by atoms with Crippen LogP contribution < -0.4 is 10.9 Å². The number of pyridine rings is 1. The summed E-state index contributed by atoms with van der Waals surface area (Å²) in [5.74, 6) is -0.426. The van der Waals surface area contributed by atoms with E-state index in [1.807, 2.05) is 19.2 Å². The number of carbonyl (C=O) groups excluding carboxylic acids is 1. The van der Waals surface area contributed by atoms with E-state index >= 15 is 0 Å². The minimum absolute atomic E-state index is 0. The Morgan fingerprint density at radius 3 is 2.68 bits per heavy atom. The molecule has 0 radical (unpaired) electrons. The summed E-state index contributed by atoms with van der Waals surface area (Å²) < 4.78 is 1.62. The van der Waals surface area contributed by atoms with E-state index in [9.17, 15) is 14.7 Å². The van der Waals surface area contributed by atoms with Gasteiger partial charge < -0.3 is 15.3 Å². The molecule has 8 heteroatoms. The van der Waals surface area contributed by atoms with E-state index in [4.69, 9.17) is 0 Å². The van der Waals surface area contributed by atoms with E-state index in [0.717, 1.165) is 26.1 Å². The number of aromatic nitrogens is 1. The SMILES string of the molecule is CC(C)Cn1c(=O)c(C(=O)NCCCN2CCCCC2)c(O)c2ccsc21.Cl. The number of thiophene rings is 1. The second-order valence-corrected chi connectivity index (χ2v) is 8.58. The minimum atomic E-state index is -0.484. The molecule has 0 spiro atoms. The van der Waals surface area contributed by atoms with Gasteiger partial charge in [0.15, 0.2) is 0 Å². The predicted octanol–water partition coefficient (Wildman–Crippen LogP) is 3.45. The first kappa shape index (κ1) is 22.7. The van der Waals surface area contributed by atoms with E-state index < -0.39 is 11.5 Å². The van der Waals surface area contributed by atoms with E-state index in [2.05, 4.69) is 10.2 Å². The lowest BCUT2D eigenvalue weighted by Gasteiger charge is -2.26. The summed E-state index contributed by atoms with van der Waals surface area (Å²) in [6.45, 7) is 8.28. The number of hydrogen-bond donors (Lipinski definition) is 2. The molecular weight excluding hydrogens is 398 g/mol. The number of hydrogen-bond acceptors (Lipinski definition) is 5. The van der Waals surface area contributed by atoms with Gasteiger partial charge in [-0.25, -0.2) is 0 Å². The van der Waals surface area contributed by atoms with Crippen molar-refractivity contribution in [3.05, 3.63) is 27.4 Å². The molecule has 3 heterocycles. The Morgan fingerprint density at radius 2 is 2.00 bits per heavy atom. The van der Waals surface area contributed by atoms with E-state index in [-0.39, 0.29) is 29.6 Å². The number of likely N-dealkylation sites (tertiary alicyclic amines) is 1. The monoisotopic (exact) mass is 427 g/mol. The van der Waals surface area contributed by atoms with Crippen molar-refractivity contribution in [2.45, 2.75) is 46.1 Å². The molecule has 1 fully saturated rings. The zero-order valence-corrected chi connectivity index (χ0v) is 18.2. The Kier molecular flexibility index (Phi) is 8.34. The summed E-state index contributed by atoms with van der Waals surface area (Å²) in [7, 11) is 0. The average Bonchev–Trinajstić information content (AvgIpc) is 3.13. The van der Waals surface area contributed by atoms with Gasteiger partial charge in [0.2, 0.25) is 0 Å². The van der Waals surface area contributed by atoms with Gasteiger partial charge in [0, 0.05) is 13.1 Å². The zero-order chi connectivity index (χ0) is 19.4. The number of fused-ring (bicyclic) bond motifs is 1. The number of carbonyl (C=O) groups is 1. The second-order valence-electron chi connectivity index (χ2n) is 7.68. The van der Waals surface area contributed by atoms with Gasteiger partial charge in [-0.3, -0.25) is 14.2 Å². The normalized spacial score (nSPS) is 15.0. The largest absolute Gasteiger partial charge is 0.506 e. The fraction of sp³-hybridized carbons (Fsp3) is 0.600. The van der Waals surface area contributed by atoms with E-state index in [1.54, 1.807) is 10.6 Å². The molecule has 0 atom stereocenters. The van der Waals surface area contributed by atoms with Crippen molar-refractivity contribution in [2.75, 3.05) is 26.2 Å². The number of rotatable bonds is 7. The molecule has 156 valence electrons. The van der Waals surface area contributed by atoms with Gasteiger partial charge in [0.1, 0.15) is 16.1 Å². The minimum Gasteiger partial charge on any atom is -0.506 e. The van der Waals surface area contributed by atoms with Gasteiger partial charge in [-0.05, 0) is 56.3 Å². The molecule has 2 aromatic heterocycles. The molecule has 0 aromatic carbocycles. The van der Waals surface area contributed by atoms with E-state index in [1.165, 1.54) is 30.6 Å². The molecule has 0 unspecified atom stereocenters. The number of amides is 1. The van der Waals surface area contributed by atoms with E-state index in [0.29, 0.717) is 23.3 Å². The maximum absolute atomic E-state index is 12.9. The Labute approximate surface area is 176 Å². The van der Waals surface area contributed by atoms with Crippen molar-refractivity contribution in [3.63, 3.8) is 0 Å². The number of piperidine rings is 1. The fourth-order valence-electron chi connectivity index (χ4n) is 3.67. The Bertz CT molecular complexity index is 856. The highest BCUT2D eigenvalue weighted by atomic mass is 35.5. The number of halogens is 1. The molecule has 1 aliphatic rings. The smallest absolute Gasteiger partial charge is 0.268 e. The van der Waals surface area contributed by atoms with Crippen molar-refractivity contribution < 1.29 is 9.90 Å². The summed E-state index contributed by atoms with van der Waals surface area (Å²) in [6.07, 6.45) is 4.64. The lowest BCUT2D eigenvalue weighted by molar-refractivity contribution is 0.0946. The third-order valence-electron chi connectivity index (χ3n) is 5.00. The Morgan fingerprint density at radius 1 is 1.29 bits per heavy atom. The second kappa shape index (κ2) is 10.3. The molecule has 1 amide bonds. The molecule has 1 saturated heterocycles. The Hall–Kier alpha value is -1.57. The van der Waals surface area contributed by atoms with Crippen molar-refractivity contribution in [2.24, 2.45) is 5.92 Å². The molecule has 1 aliphatic heterocycles. The maximum Gasteiger partial charge on any atom is 0.268 e. The van der Waals surface area contributed by atoms with Crippen LogP contribution in [0.15, 0.2) is 16.2 Å². The van der Waals surface area contributed by atoms with Crippen LogP contribution in [0, 0.1) is 5.92 Å². The summed E-state index contributed by atoms with van der Waals surface area (Å²) in [6, 6.07) is 1.76. The van der Waals surface area contributed by atoms with Crippen LogP contribution in [0.3, 0.4) is 0 Å². The van der Waals surface area contributed by atoms with Crippen LogP contribution in [0.1, 0.15) is 49.9 Å². The third-order valence-corrected chi connectivity index (χ3v) is 5.94. The number of aromatic hydroxyl groups is 1. The lowest BCUT2D eigenvalue weighted by Crippen LogP contribution is -2.36. The van der Waals surface area contributed by atoms with Crippen molar-refractivity contribution in [3.8, 4) is 5.75 Å². The standard InChI is InChI=1S/C20H29N3O3S.ClH/c1-14(2)13-23-19(26)16(17(24)15-7-12-27-20(15)23)18(25)21-8-6-11-22-9-4-3-5-10-22;/h7,12,14,24H,3-6,8-11,13H2,1-2H3,(H,21,25);1H. The summed E-state index contributed by atoms with van der Waals surface area (Å²) in [5.41, 5.74) is -0.552. The van der Waals surface area contributed by atoms with Crippen LogP contribution in [0.2, 0.25) is 0 Å². The first-order valence-electron chi connectivity index (χ1n) is 9.82. The van der Waals surface area contributed by atoms with Crippen LogP contribution >= 0.6 is 23.7 Å². The van der Waals surface area contributed by atoms with Crippen LogP contribution in [-0.2, 0) is 6.54 Å². The number of nitrogens with one attached hydrogen (secondary N) is 1. The van der Waals surface area contributed by atoms with Gasteiger partial charge in [-0.15, -0.1) is 23.7 Å². The first-order valence-corrected chi connectivity index (χ1v) is 10.7. The summed E-state index contributed by atoms with van der Waals surface area (Å²) in [4.78, 5) is 28.7. The van der Waals surface area contributed by atoms with Gasteiger partial charge in [0.25, 0.3) is 11.5 Å². The Balaban J connectivity index is 0.00000280. The topological polar surface area (TPSA) is 74.6 Å².